The van der Waals surface area contributed by atoms with Crippen LogP contribution in [0, 0.1) is 6.92 Å². The van der Waals surface area contributed by atoms with Gasteiger partial charge in [-0.25, -0.2) is 24.9 Å². The van der Waals surface area contributed by atoms with Crippen molar-refractivity contribution in [3.8, 4) is 22.4 Å². The van der Waals surface area contributed by atoms with Crippen LogP contribution in [0.15, 0.2) is 294 Å². The van der Waals surface area contributed by atoms with Crippen molar-refractivity contribution in [3.05, 3.63) is 371 Å². The highest BCUT2D eigenvalue weighted by molar-refractivity contribution is 6.29. The number of nitrogens with zero attached hydrogens (tertiary/aromatic N) is 13. The van der Waals surface area contributed by atoms with Crippen molar-refractivity contribution in [2.75, 3.05) is 84.1 Å². The van der Waals surface area contributed by atoms with E-state index in [9.17, 15) is 39.6 Å². The molecule has 27 heteroatoms. The first kappa shape index (κ1) is 90.0. The van der Waals surface area contributed by atoms with Gasteiger partial charge < -0.3 is 49.0 Å². The van der Waals surface area contributed by atoms with Crippen molar-refractivity contribution < 1.29 is 44.1 Å². The number of aryl methyl sites for hydroxylation is 1. The van der Waals surface area contributed by atoms with E-state index < -0.39 is 36.5 Å². The standard InChI is InChI=1S/C29H26N4O3.C29H25N3O3.C28H29N3O4.C23H20ClN3O3/c1-18-6-8-20(15-30-18)25-9-7-19(14-31-25)12-21-13-24-28(23-5-3-2-4-22(21)23)32-17-33(29(24)35)26-16-36-11-10-27(26)34;33-27-17-35-14-11-26(27)32-18-31-28-24-4-2-1-3-23(24)22(16-25(28)29(32)34)15-19-5-7-20(8-6-19)21-9-12-30-13-10-21;32-26-17-35-11-8-25(26)31-18-29-27-23-7-2-1-6-22(23)20(16-24(27)28(31)33)14-19-4-3-5-21(15-19)30-9-12-34-13-10-30;24-21-10-14(5-7-25-21)9-15-11-18-22(17-4-2-1-3-16(15)17)26-13-27(23(18)29)19-12-30-8-6-20(19)28/h2-9,13-15,17,26-27,34H,10-12,16H2,1H3;1-10,12-13,16,18,26-27,33H,11,14-15,17H2;1-7,15-16,18,25-26,32H,8-14,17H2;1-5,7,10-11,13,19-20,28H,6,8-9,12H2/t2*26-,27-;25-,26-;19-,20-/m0000/s1. The Balaban J connectivity index is 0.000000112. The fraction of sp³-hybridized carbons (Fsp3) is 0.266. The molecule has 5 aliphatic heterocycles. The summed E-state index contributed by atoms with van der Waals surface area (Å²) in [5.74, 6) is 0. The molecule has 10 aromatic carbocycles. The number of halogens is 1. The zero-order chi connectivity index (χ0) is 92.9. The Morgan fingerprint density at radius 3 is 1.15 bits per heavy atom. The lowest BCUT2D eigenvalue weighted by Gasteiger charge is -2.29. The monoisotopic (exact) mass is 1830 g/mol. The van der Waals surface area contributed by atoms with E-state index in [1.807, 2.05) is 165 Å². The molecule has 8 atom stereocenters. The minimum atomic E-state index is -0.723. The van der Waals surface area contributed by atoms with Gasteiger partial charge in [-0.2, -0.15) is 0 Å². The van der Waals surface area contributed by atoms with Crippen LogP contribution >= 0.6 is 11.6 Å². The van der Waals surface area contributed by atoms with Crippen molar-refractivity contribution in [2.45, 2.75) is 107 Å². The summed E-state index contributed by atoms with van der Waals surface area (Å²) < 4.78 is 33.5. The third-order valence-corrected chi connectivity index (χ3v) is 27.0. The molecule has 0 radical (unpaired) electrons. The van der Waals surface area contributed by atoms with E-state index in [2.05, 4.69) is 113 Å². The van der Waals surface area contributed by atoms with Crippen LogP contribution in [0.2, 0.25) is 5.15 Å². The largest absolute Gasteiger partial charge is 0.391 e. The third kappa shape index (κ3) is 18.9. The number of fused-ring (bicyclic) bond motifs is 12. The number of aliphatic hydroxyl groups is 4. The number of aliphatic hydroxyl groups excluding tert-OH is 4. The lowest BCUT2D eigenvalue weighted by Crippen LogP contribution is -2.39. The van der Waals surface area contributed by atoms with Crippen LogP contribution < -0.4 is 27.1 Å². The zero-order valence-corrected chi connectivity index (χ0v) is 75.7. The lowest BCUT2D eigenvalue weighted by molar-refractivity contribution is -0.0395. The Morgan fingerprint density at radius 1 is 0.324 bits per heavy atom. The Morgan fingerprint density at radius 2 is 0.728 bits per heavy atom. The number of pyridine rings is 4. The Hall–Kier alpha value is -13.9. The summed E-state index contributed by atoms with van der Waals surface area (Å²) in [6, 6.07) is 71.5. The normalized spacial score (nSPS) is 19.1. The van der Waals surface area contributed by atoms with Gasteiger partial charge in [0.2, 0.25) is 0 Å². The van der Waals surface area contributed by atoms with Crippen LogP contribution in [0.25, 0.3) is 109 Å². The average molecular weight is 1840 g/mol. The van der Waals surface area contributed by atoms with Gasteiger partial charge in [0.25, 0.3) is 22.2 Å². The van der Waals surface area contributed by atoms with Gasteiger partial charge in [-0.3, -0.25) is 52.4 Å². The molecule has 4 N–H and O–H groups in total. The molecule has 0 bridgehead atoms. The summed E-state index contributed by atoms with van der Waals surface area (Å²) in [6.07, 6.45) is 17.3. The molecule has 26 nitrogen and oxygen atoms in total. The number of hydrogen-bond donors (Lipinski definition) is 4. The fourth-order valence-electron chi connectivity index (χ4n) is 19.5. The van der Waals surface area contributed by atoms with Crippen molar-refractivity contribution in [3.63, 3.8) is 0 Å². The minimum Gasteiger partial charge on any atom is -0.391 e. The summed E-state index contributed by atoms with van der Waals surface area (Å²) in [4.78, 5) is 92.4. The van der Waals surface area contributed by atoms with E-state index in [1.165, 1.54) is 26.7 Å². The minimum absolute atomic E-state index is 0.116. The topological polar surface area (TPSA) is 321 Å². The number of hydrogen-bond acceptors (Lipinski definition) is 22. The van der Waals surface area contributed by atoms with Crippen LogP contribution in [0.5, 0.6) is 0 Å². The predicted octanol–water partition coefficient (Wildman–Crippen LogP) is 15.6. The van der Waals surface area contributed by atoms with Crippen LogP contribution in [0.3, 0.4) is 0 Å². The second-order valence-electron chi connectivity index (χ2n) is 35.4. The van der Waals surface area contributed by atoms with E-state index in [0.29, 0.717) is 140 Å². The smallest absolute Gasteiger partial charge is 0.261 e. The van der Waals surface area contributed by atoms with Crippen molar-refractivity contribution in [1.29, 1.82) is 0 Å². The predicted molar refractivity (Wildman–Crippen MR) is 528 cm³/mol. The van der Waals surface area contributed by atoms with Crippen LogP contribution in [-0.2, 0) is 49.4 Å². The number of aromatic nitrogens is 12. The molecular weight excluding hydrogens is 1730 g/mol. The van der Waals surface area contributed by atoms with Gasteiger partial charge in [0.15, 0.2) is 0 Å². The highest BCUT2D eigenvalue weighted by atomic mass is 35.5. The zero-order valence-electron chi connectivity index (χ0n) is 74.9. The average Bonchev–Trinajstić information content (AvgIpc) is 0.762. The van der Waals surface area contributed by atoms with Crippen LogP contribution in [0.4, 0.5) is 5.69 Å². The van der Waals surface area contributed by atoms with E-state index in [4.69, 9.17) is 40.3 Å². The number of anilines is 1. The second-order valence-corrected chi connectivity index (χ2v) is 35.8. The van der Waals surface area contributed by atoms with Crippen LogP contribution in [0.1, 0.15) is 100 Å². The molecule has 8 aromatic heterocycles. The van der Waals surface area contributed by atoms with Gasteiger partial charge in [0.05, 0.1) is 163 Å². The lowest BCUT2D eigenvalue weighted by atomic mass is 9.95. The SMILES string of the molecule is Cc1ccc(-c2ccc(Cc3cc4c(=O)n([C@H]5COCC[C@@H]5O)cnc4c4ccccc34)cn2)cn1.O=c1c2cc(Cc3ccc(-c4ccncc4)cc3)c3ccccc3c2ncn1[C@H]1CCOC[C@@H]1O.O=c1c2cc(Cc3cccc(N4CCOCC4)c3)c3ccccc3c2ncn1[C@H]1CCOC[C@@H]1O.O=c1c2cc(Cc3ccnc(Cl)c3)c3ccccc3c2ncn1[C@H]1COCC[C@@H]1O. The van der Waals surface area contributed by atoms with Gasteiger partial charge in [-0.05, 0) is 214 Å². The molecule has 686 valence electrons. The van der Waals surface area contributed by atoms with E-state index in [1.54, 1.807) is 46.7 Å². The molecule has 23 rings (SSSR count). The van der Waals surface area contributed by atoms with Crippen molar-refractivity contribution >= 4 is 104 Å². The van der Waals surface area contributed by atoms with Gasteiger partial charge in [0.1, 0.15) is 5.15 Å². The maximum Gasteiger partial charge on any atom is 0.261 e. The number of benzene rings is 10. The number of rotatable bonds is 15. The third-order valence-electron chi connectivity index (χ3n) is 26.8. The summed E-state index contributed by atoms with van der Waals surface area (Å²) in [6.45, 7) is 8.34. The molecule has 5 aliphatic rings. The van der Waals surface area contributed by atoms with Gasteiger partial charge in [-0.15, -0.1) is 0 Å². The molecule has 5 saturated heterocycles. The molecule has 5 fully saturated rings. The van der Waals surface area contributed by atoms with Crippen molar-refractivity contribution in [2.24, 2.45) is 0 Å². The van der Waals surface area contributed by atoms with E-state index in [-0.39, 0.29) is 47.5 Å². The summed E-state index contributed by atoms with van der Waals surface area (Å²) in [5, 5.41) is 52.5. The molecule has 0 aliphatic carbocycles. The quantitative estimate of drug-likeness (QED) is 0.0547. The Kier molecular flexibility index (Phi) is 26.7. The maximum absolute atomic E-state index is 13.6. The van der Waals surface area contributed by atoms with E-state index in [0.717, 1.165) is 136 Å². The molecule has 0 spiro atoms. The number of ether oxygens (including phenoxy) is 5. The molecule has 0 amide bonds. The molecule has 13 heterocycles. The van der Waals surface area contributed by atoms with Crippen LogP contribution in [-0.4, -0.2) is 182 Å². The Bertz CT molecular complexity index is 7720. The molecule has 0 saturated carbocycles. The fourth-order valence-corrected chi connectivity index (χ4v) is 19.7. The van der Waals surface area contributed by atoms with Gasteiger partial charge in [-0.1, -0.05) is 151 Å². The molecule has 0 unspecified atom stereocenters. The molecule has 136 heavy (non-hydrogen) atoms. The molecular formula is C109H100ClN13O13. The van der Waals surface area contributed by atoms with Gasteiger partial charge >= 0.3 is 0 Å². The first-order chi connectivity index (χ1) is 66.6. The highest BCUT2D eigenvalue weighted by Crippen LogP contribution is 2.37. The first-order valence-electron chi connectivity index (χ1n) is 46.2. The Labute approximate surface area is 786 Å². The number of morpholine rings is 1. The summed E-state index contributed by atoms with van der Waals surface area (Å²) in [7, 11) is 0. The van der Waals surface area contributed by atoms with E-state index >= 15 is 0 Å². The first-order valence-corrected chi connectivity index (χ1v) is 46.5. The second kappa shape index (κ2) is 40.4. The maximum atomic E-state index is 13.6. The summed E-state index contributed by atoms with van der Waals surface area (Å²) in [5.41, 5.74) is 17.1. The van der Waals surface area contributed by atoms with Crippen molar-refractivity contribution in [1.82, 2.24) is 58.1 Å². The highest BCUT2D eigenvalue weighted by Gasteiger charge is 2.33. The summed E-state index contributed by atoms with van der Waals surface area (Å²) >= 11 is 6.06. The van der Waals surface area contributed by atoms with Gasteiger partial charge in [0, 0.05) is 109 Å². The molecule has 18 aromatic rings.